The first kappa shape index (κ1) is 20.1. The van der Waals surface area contributed by atoms with Crippen LogP contribution in [0.1, 0.15) is 27.5 Å². The van der Waals surface area contributed by atoms with Gasteiger partial charge in [-0.2, -0.15) is 0 Å². The number of fused-ring (bicyclic) bond motifs is 1. The Morgan fingerprint density at radius 2 is 1.70 bits per heavy atom. The van der Waals surface area contributed by atoms with Crippen LogP contribution in [0.2, 0.25) is 0 Å². The Hall–Kier alpha value is -3.16. The third-order valence-electron chi connectivity index (χ3n) is 5.82. The molecule has 0 spiro atoms. The SMILES string of the molecule is Cn1cc([C@@H](C(=O)O)N2CCN(Cc3ccccc3)CC2)c2cc(C(=O)O)ccc21. The average molecular weight is 407 g/mol. The Morgan fingerprint density at radius 1 is 1.00 bits per heavy atom. The summed E-state index contributed by atoms with van der Waals surface area (Å²) in [5.41, 5.74) is 2.87. The van der Waals surface area contributed by atoms with Crippen molar-refractivity contribution in [1.29, 1.82) is 0 Å². The van der Waals surface area contributed by atoms with Gasteiger partial charge in [0.25, 0.3) is 0 Å². The predicted octanol–water partition coefficient (Wildman–Crippen LogP) is 2.82. The number of carboxylic acid groups (broad SMARTS) is 2. The molecule has 156 valence electrons. The fourth-order valence-corrected chi connectivity index (χ4v) is 4.28. The maximum atomic E-state index is 12.3. The topological polar surface area (TPSA) is 86.0 Å². The summed E-state index contributed by atoms with van der Waals surface area (Å²) >= 11 is 0. The van der Waals surface area contributed by atoms with Gasteiger partial charge in [0.05, 0.1) is 5.56 Å². The summed E-state index contributed by atoms with van der Waals surface area (Å²) in [6.07, 6.45) is 1.81. The highest BCUT2D eigenvalue weighted by atomic mass is 16.4. The number of aromatic carboxylic acids is 1. The number of rotatable bonds is 6. The molecule has 1 aliphatic heterocycles. The zero-order valence-corrected chi connectivity index (χ0v) is 16.9. The molecule has 1 atom stereocenters. The minimum atomic E-state index is -1.02. The second kappa shape index (κ2) is 8.30. The molecule has 0 radical (unpaired) electrons. The van der Waals surface area contributed by atoms with Crippen LogP contribution in [0.5, 0.6) is 0 Å². The second-order valence-corrected chi connectivity index (χ2v) is 7.77. The van der Waals surface area contributed by atoms with Crippen LogP contribution in [0.25, 0.3) is 10.9 Å². The van der Waals surface area contributed by atoms with Gasteiger partial charge in [-0.15, -0.1) is 0 Å². The summed E-state index contributed by atoms with van der Waals surface area (Å²) in [6.45, 7) is 3.69. The van der Waals surface area contributed by atoms with E-state index in [0.29, 0.717) is 24.0 Å². The maximum Gasteiger partial charge on any atom is 0.335 e. The first-order chi connectivity index (χ1) is 14.4. The number of hydrogen-bond donors (Lipinski definition) is 2. The number of benzene rings is 2. The van der Waals surface area contributed by atoms with Crippen LogP contribution in [0.4, 0.5) is 0 Å². The number of carbonyl (C=O) groups is 2. The lowest BCUT2D eigenvalue weighted by Gasteiger charge is -2.37. The van der Waals surface area contributed by atoms with Crippen LogP contribution in [0, 0.1) is 0 Å². The quantitative estimate of drug-likeness (QED) is 0.654. The summed E-state index contributed by atoms with van der Waals surface area (Å²) in [4.78, 5) is 28.0. The molecular weight excluding hydrogens is 382 g/mol. The van der Waals surface area contributed by atoms with Crippen molar-refractivity contribution in [2.75, 3.05) is 26.2 Å². The van der Waals surface area contributed by atoms with E-state index in [1.54, 1.807) is 18.2 Å². The molecule has 7 heteroatoms. The average Bonchev–Trinajstić information content (AvgIpc) is 3.05. The van der Waals surface area contributed by atoms with Crippen molar-refractivity contribution in [2.24, 2.45) is 7.05 Å². The molecule has 0 bridgehead atoms. The first-order valence-electron chi connectivity index (χ1n) is 9.99. The Balaban J connectivity index is 1.57. The molecule has 0 aliphatic carbocycles. The van der Waals surface area contributed by atoms with Crippen molar-refractivity contribution in [1.82, 2.24) is 14.4 Å². The number of nitrogens with zero attached hydrogens (tertiary/aromatic N) is 3. The summed E-state index contributed by atoms with van der Waals surface area (Å²) < 4.78 is 1.86. The third-order valence-corrected chi connectivity index (χ3v) is 5.82. The number of carboxylic acids is 2. The molecule has 1 aromatic heterocycles. The fourth-order valence-electron chi connectivity index (χ4n) is 4.28. The summed E-state index contributed by atoms with van der Waals surface area (Å²) in [5.74, 6) is -1.94. The number of aryl methyl sites for hydroxylation is 1. The van der Waals surface area contributed by atoms with E-state index in [4.69, 9.17) is 0 Å². The van der Waals surface area contributed by atoms with Gasteiger partial charge in [-0.1, -0.05) is 30.3 Å². The van der Waals surface area contributed by atoms with E-state index in [2.05, 4.69) is 17.0 Å². The van der Waals surface area contributed by atoms with Gasteiger partial charge >= 0.3 is 11.9 Å². The largest absolute Gasteiger partial charge is 0.480 e. The van der Waals surface area contributed by atoms with Crippen molar-refractivity contribution in [3.8, 4) is 0 Å². The standard InChI is InChI=1S/C23H25N3O4/c1-24-15-19(18-13-17(22(27)28)7-8-20(18)24)21(23(29)30)26-11-9-25(10-12-26)14-16-5-3-2-4-6-16/h2-8,13,15,21H,9-12,14H2,1H3,(H,27,28)(H,29,30)/t21-/m0/s1. The van der Waals surface area contributed by atoms with Crippen molar-refractivity contribution in [2.45, 2.75) is 12.6 Å². The van der Waals surface area contributed by atoms with E-state index < -0.39 is 18.0 Å². The molecule has 1 saturated heterocycles. The lowest BCUT2D eigenvalue weighted by atomic mass is 10.0. The molecule has 0 unspecified atom stereocenters. The Kier molecular flexibility index (Phi) is 5.57. The van der Waals surface area contributed by atoms with Gasteiger partial charge in [-0.05, 0) is 23.8 Å². The van der Waals surface area contributed by atoms with Crippen LogP contribution in [-0.4, -0.2) is 62.7 Å². The van der Waals surface area contributed by atoms with E-state index in [1.165, 1.54) is 5.56 Å². The zero-order chi connectivity index (χ0) is 21.3. The van der Waals surface area contributed by atoms with E-state index in [9.17, 15) is 19.8 Å². The van der Waals surface area contributed by atoms with Crippen molar-refractivity contribution >= 4 is 22.8 Å². The Bertz CT molecular complexity index is 1070. The van der Waals surface area contributed by atoms with Crippen LogP contribution < -0.4 is 0 Å². The predicted molar refractivity (Wildman–Crippen MR) is 114 cm³/mol. The minimum absolute atomic E-state index is 0.159. The number of aromatic nitrogens is 1. The van der Waals surface area contributed by atoms with Crippen LogP contribution in [-0.2, 0) is 18.4 Å². The third kappa shape index (κ3) is 3.94. The van der Waals surface area contributed by atoms with Crippen molar-refractivity contribution in [3.05, 3.63) is 71.4 Å². The number of hydrogen-bond acceptors (Lipinski definition) is 4. The molecule has 3 aromatic rings. The lowest BCUT2D eigenvalue weighted by Crippen LogP contribution is -2.48. The van der Waals surface area contributed by atoms with Gasteiger partial charge in [0.1, 0.15) is 6.04 Å². The van der Waals surface area contributed by atoms with Crippen LogP contribution in [0.15, 0.2) is 54.7 Å². The van der Waals surface area contributed by atoms with Gasteiger partial charge in [0, 0.05) is 62.4 Å². The van der Waals surface area contributed by atoms with E-state index in [1.807, 2.05) is 40.9 Å². The molecule has 0 saturated carbocycles. The van der Waals surface area contributed by atoms with Crippen LogP contribution >= 0.6 is 0 Å². The maximum absolute atomic E-state index is 12.3. The van der Waals surface area contributed by atoms with Gasteiger partial charge < -0.3 is 14.8 Å². The highest BCUT2D eigenvalue weighted by Gasteiger charge is 2.32. The second-order valence-electron chi connectivity index (χ2n) is 7.77. The molecule has 7 nitrogen and oxygen atoms in total. The van der Waals surface area contributed by atoms with E-state index in [-0.39, 0.29) is 5.56 Å². The summed E-state index contributed by atoms with van der Waals surface area (Å²) in [7, 11) is 1.85. The smallest absolute Gasteiger partial charge is 0.335 e. The number of piperazine rings is 1. The van der Waals surface area contributed by atoms with Crippen LogP contribution in [0.3, 0.4) is 0 Å². The monoisotopic (exact) mass is 407 g/mol. The fraction of sp³-hybridized carbons (Fsp3) is 0.304. The Labute approximate surface area is 174 Å². The van der Waals surface area contributed by atoms with Gasteiger partial charge in [-0.25, -0.2) is 4.79 Å². The number of aliphatic carboxylic acids is 1. The minimum Gasteiger partial charge on any atom is -0.480 e. The summed E-state index contributed by atoms with van der Waals surface area (Å²) in [6, 6.07) is 14.3. The molecular formula is C23H25N3O4. The summed E-state index contributed by atoms with van der Waals surface area (Å²) in [5, 5.41) is 20.1. The molecule has 30 heavy (non-hydrogen) atoms. The molecule has 0 amide bonds. The van der Waals surface area contributed by atoms with Gasteiger partial charge in [0.2, 0.25) is 0 Å². The lowest BCUT2D eigenvalue weighted by molar-refractivity contribution is -0.144. The highest BCUT2D eigenvalue weighted by molar-refractivity contribution is 5.96. The molecule has 1 aliphatic rings. The van der Waals surface area contributed by atoms with E-state index in [0.717, 1.165) is 25.2 Å². The molecule has 2 aromatic carbocycles. The molecule has 4 rings (SSSR count). The zero-order valence-electron chi connectivity index (χ0n) is 16.9. The molecule has 2 N–H and O–H groups in total. The van der Waals surface area contributed by atoms with Gasteiger partial charge in [-0.3, -0.25) is 14.6 Å². The first-order valence-corrected chi connectivity index (χ1v) is 9.99. The highest BCUT2D eigenvalue weighted by Crippen LogP contribution is 2.31. The Morgan fingerprint density at radius 3 is 2.33 bits per heavy atom. The molecule has 1 fully saturated rings. The normalized spacial score (nSPS) is 16.6. The molecule has 2 heterocycles. The van der Waals surface area contributed by atoms with Gasteiger partial charge in [0.15, 0.2) is 0 Å². The van der Waals surface area contributed by atoms with Crippen molar-refractivity contribution in [3.63, 3.8) is 0 Å². The van der Waals surface area contributed by atoms with E-state index >= 15 is 0 Å². The van der Waals surface area contributed by atoms with Crippen molar-refractivity contribution < 1.29 is 19.8 Å².